The zero-order valence-electron chi connectivity index (χ0n) is 21.6. The number of nitrogens with zero attached hydrogens (tertiary/aromatic N) is 2. The van der Waals surface area contributed by atoms with E-state index in [-0.39, 0.29) is 33.1 Å². The van der Waals surface area contributed by atoms with Crippen molar-refractivity contribution in [2.75, 3.05) is 17.4 Å². The Balaban J connectivity index is 2.02. The molecule has 0 saturated carbocycles. The minimum atomic E-state index is -4.23. The standard InChI is InChI=1S/C28H30BrCl2N3O4S/c1-3-4-17-32-28(36)20(2)33(18-21-13-15-22(29)16-14-21)26(35)19-34(25-12-8-11-24(30)27(25)31)39(37,38)23-9-6-5-7-10-23/h5-16,20H,3-4,17-19H2,1-2H3,(H,32,36)/t20-/m1/s1. The van der Waals surface area contributed by atoms with Crippen molar-refractivity contribution in [2.45, 2.75) is 44.2 Å². The number of carbonyl (C=O) groups is 2. The first-order valence-electron chi connectivity index (χ1n) is 12.4. The number of benzene rings is 3. The van der Waals surface area contributed by atoms with Crippen LogP contribution in [0.25, 0.3) is 0 Å². The molecule has 11 heteroatoms. The third-order valence-corrected chi connectivity index (χ3v) is 9.18. The number of rotatable bonds is 12. The SMILES string of the molecule is CCCCNC(=O)[C@@H](C)N(Cc1ccc(Br)cc1)C(=O)CN(c1cccc(Cl)c1Cl)S(=O)(=O)c1ccccc1. The minimum Gasteiger partial charge on any atom is -0.354 e. The van der Waals surface area contributed by atoms with Gasteiger partial charge in [0.25, 0.3) is 10.0 Å². The van der Waals surface area contributed by atoms with Crippen molar-refractivity contribution in [3.05, 3.63) is 92.9 Å². The monoisotopic (exact) mass is 653 g/mol. The molecular formula is C28H30BrCl2N3O4S. The van der Waals surface area contributed by atoms with Crippen LogP contribution in [0.15, 0.2) is 82.2 Å². The number of amides is 2. The van der Waals surface area contributed by atoms with E-state index < -0.39 is 28.5 Å². The third-order valence-electron chi connectivity index (χ3n) is 6.07. The number of sulfonamides is 1. The van der Waals surface area contributed by atoms with Gasteiger partial charge in [0.2, 0.25) is 11.8 Å². The number of unbranched alkanes of at least 4 members (excludes halogenated alkanes) is 1. The van der Waals surface area contributed by atoms with Crippen LogP contribution in [-0.2, 0) is 26.2 Å². The summed E-state index contributed by atoms with van der Waals surface area (Å²) in [6, 6.07) is 18.8. The molecule has 0 fully saturated rings. The minimum absolute atomic E-state index is 0.00344. The highest BCUT2D eigenvalue weighted by Crippen LogP contribution is 2.35. The lowest BCUT2D eigenvalue weighted by Gasteiger charge is -2.32. The third kappa shape index (κ3) is 7.97. The fourth-order valence-electron chi connectivity index (χ4n) is 3.82. The first kappa shape index (κ1) is 30.9. The molecule has 0 heterocycles. The summed E-state index contributed by atoms with van der Waals surface area (Å²) in [6.45, 7) is 3.62. The molecule has 3 aromatic rings. The van der Waals surface area contributed by atoms with Gasteiger partial charge in [-0.05, 0) is 55.3 Å². The first-order chi connectivity index (χ1) is 18.6. The summed E-state index contributed by atoms with van der Waals surface area (Å²) in [5.41, 5.74) is 0.836. The van der Waals surface area contributed by atoms with Crippen LogP contribution in [0.5, 0.6) is 0 Å². The number of hydrogen-bond donors (Lipinski definition) is 1. The molecule has 3 aromatic carbocycles. The van der Waals surface area contributed by atoms with Gasteiger partial charge in [-0.25, -0.2) is 8.42 Å². The molecular weight excluding hydrogens is 625 g/mol. The second-order valence-electron chi connectivity index (χ2n) is 8.87. The van der Waals surface area contributed by atoms with Gasteiger partial charge in [0.1, 0.15) is 12.6 Å². The molecule has 0 radical (unpaired) electrons. The summed E-state index contributed by atoms with van der Waals surface area (Å²) >= 11 is 16.1. The van der Waals surface area contributed by atoms with Crippen LogP contribution < -0.4 is 9.62 Å². The van der Waals surface area contributed by atoms with E-state index in [0.29, 0.717) is 6.54 Å². The van der Waals surface area contributed by atoms with Crippen LogP contribution in [0.1, 0.15) is 32.3 Å². The predicted octanol–water partition coefficient (Wildman–Crippen LogP) is 6.28. The number of nitrogens with one attached hydrogen (secondary N) is 1. The normalized spacial score (nSPS) is 12.0. The van der Waals surface area contributed by atoms with Gasteiger partial charge >= 0.3 is 0 Å². The molecule has 0 unspecified atom stereocenters. The quantitative estimate of drug-likeness (QED) is 0.233. The Morgan fingerprint density at radius 2 is 1.64 bits per heavy atom. The molecule has 0 aliphatic carbocycles. The summed E-state index contributed by atoms with van der Waals surface area (Å²) in [5.74, 6) is -0.904. The first-order valence-corrected chi connectivity index (χ1v) is 15.4. The lowest BCUT2D eigenvalue weighted by Crippen LogP contribution is -2.51. The zero-order chi connectivity index (χ0) is 28.6. The van der Waals surface area contributed by atoms with Crippen LogP contribution in [0.2, 0.25) is 10.0 Å². The van der Waals surface area contributed by atoms with Gasteiger partial charge in [-0.15, -0.1) is 0 Å². The molecule has 1 N–H and O–H groups in total. The van der Waals surface area contributed by atoms with Crippen molar-refractivity contribution in [1.82, 2.24) is 10.2 Å². The Morgan fingerprint density at radius 1 is 0.974 bits per heavy atom. The summed E-state index contributed by atoms with van der Waals surface area (Å²) in [7, 11) is -4.23. The molecule has 0 saturated heterocycles. The van der Waals surface area contributed by atoms with Crippen LogP contribution in [0, 0.1) is 0 Å². The van der Waals surface area contributed by atoms with Crippen molar-refractivity contribution < 1.29 is 18.0 Å². The van der Waals surface area contributed by atoms with Gasteiger partial charge in [0.05, 0.1) is 20.6 Å². The van der Waals surface area contributed by atoms with Crippen LogP contribution in [-0.4, -0.2) is 44.3 Å². The maximum Gasteiger partial charge on any atom is 0.264 e. The molecule has 2 amide bonds. The number of anilines is 1. The van der Waals surface area contributed by atoms with E-state index in [1.54, 1.807) is 31.2 Å². The van der Waals surface area contributed by atoms with Crippen molar-refractivity contribution >= 4 is 66.7 Å². The highest BCUT2D eigenvalue weighted by molar-refractivity contribution is 9.10. The van der Waals surface area contributed by atoms with Crippen molar-refractivity contribution in [3.8, 4) is 0 Å². The number of halogens is 3. The van der Waals surface area contributed by atoms with Crippen molar-refractivity contribution in [3.63, 3.8) is 0 Å². The molecule has 0 aromatic heterocycles. The number of hydrogen-bond acceptors (Lipinski definition) is 4. The fourth-order valence-corrected chi connectivity index (χ4v) is 5.98. The molecule has 0 aliphatic heterocycles. The summed E-state index contributed by atoms with van der Waals surface area (Å²) < 4.78 is 29.4. The molecule has 39 heavy (non-hydrogen) atoms. The molecule has 0 bridgehead atoms. The molecule has 0 spiro atoms. The number of carbonyl (C=O) groups excluding carboxylic acids is 2. The van der Waals surface area contributed by atoms with Gasteiger partial charge in [0.15, 0.2) is 0 Å². The maximum atomic E-state index is 13.9. The largest absolute Gasteiger partial charge is 0.354 e. The Labute approximate surface area is 248 Å². The van der Waals surface area contributed by atoms with Gasteiger partial charge in [-0.3, -0.25) is 13.9 Å². The van der Waals surface area contributed by atoms with Gasteiger partial charge in [0, 0.05) is 17.6 Å². The van der Waals surface area contributed by atoms with E-state index in [4.69, 9.17) is 23.2 Å². The average molecular weight is 655 g/mol. The Hall–Kier alpha value is -2.59. The van der Waals surface area contributed by atoms with Crippen molar-refractivity contribution in [1.29, 1.82) is 0 Å². The van der Waals surface area contributed by atoms with Crippen molar-refractivity contribution in [2.24, 2.45) is 0 Å². The van der Waals surface area contributed by atoms with Gasteiger partial charge < -0.3 is 10.2 Å². The van der Waals surface area contributed by atoms with E-state index in [2.05, 4.69) is 21.2 Å². The van der Waals surface area contributed by atoms with E-state index in [1.165, 1.54) is 29.2 Å². The van der Waals surface area contributed by atoms with Crippen LogP contribution in [0.3, 0.4) is 0 Å². The smallest absolute Gasteiger partial charge is 0.264 e. The average Bonchev–Trinajstić information content (AvgIpc) is 2.93. The second-order valence-corrected chi connectivity index (χ2v) is 12.4. The molecule has 3 rings (SSSR count). The summed E-state index contributed by atoms with van der Waals surface area (Å²) in [6.07, 6.45) is 1.71. The second kappa shape index (κ2) is 14.2. The zero-order valence-corrected chi connectivity index (χ0v) is 25.5. The van der Waals surface area contributed by atoms with Crippen LogP contribution in [0.4, 0.5) is 5.69 Å². The Kier molecular flexibility index (Phi) is 11.2. The molecule has 1 atom stereocenters. The Bertz CT molecular complexity index is 1390. The lowest BCUT2D eigenvalue weighted by atomic mass is 10.1. The Morgan fingerprint density at radius 3 is 2.28 bits per heavy atom. The van der Waals surface area contributed by atoms with E-state index >= 15 is 0 Å². The highest BCUT2D eigenvalue weighted by Gasteiger charge is 2.33. The van der Waals surface area contributed by atoms with Gasteiger partial charge in [-0.2, -0.15) is 0 Å². The van der Waals surface area contributed by atoms with E-state index in [0.717, 1.165) is 27.2 Å². The highest BCUT2D eigenvalue weighted by atomic mass is 79.9. The van der Waals surface area contributed by atoms with Crippen LogP contribution >= 0.6 is 39.1 Å². The lowest BCUT2D eigenvalue weighted by molar-refractivity contribution is -0.139. The molecule has 7 nitrogen and oxygen atoms in total. The summed E-state index contributed by atoms with van der Waals surface area (Å²) in [5, 5.41) is 3.00. The fraction of sp³-hybridized carbons (Fsp3) is 0.286. The summed E-state index contributed by atoms with van der Waals surface area (Å²) in [4.78, 5) is 28.3. The topological polar surface area (TPSA) is 86.8 Å². The van der Waals surface area contributed by atoms with Gasteiger partial charge in [-0.1, -0.05) is 88.9 Å². The van der Waals surface area contributed by atoms with E-state index in [1.807, 2.05) is 31.2 Å². The molecule has 0 aliphatic rings. The molecule has 208 valence electrons. The van der Waals surface area contributed by atoms with E-state index in [9.17, 15) is 18.0 Å². The maximum absolute atomic E-state index is 13.9. The predicted molar refractivity (Wildman–Crippen MR) is 160 cm³/mol.